The molecular weight excluding hydrogens is 218 g/mol. The van der Waals surface area contributed by atoms with Crippen LogP contribution < -0.4 is 10.1 Å². The molecule has 0 aliphatic heterocycles. The zero-order valence-corrected chi connectivity index (χ0v) is 10.4. The van der Waals surface area contributed by atoms with Crippen LogP contribution in [0.5, 0.6) is 5.75 Å². The third-order valence-corrected chi connectivity index (χ3v) is 2.70. The molecule has 1 aromatic carbocycles. The number of rotatable bonds is 7. The monoisotopic (exact) mass is 239 g/mol. The van der Waals surface area contributed by atoms with E-state index in [1.165, 1.54) is 5.56 Å². The number of aliphatic hydroxyl groups is 2. The molecule has 0 fully saturated rings. The minimum absolute atomic E-state index is 0.0541. The van der Waals surface area contributed by atoms with E-state index in [4.69, 9.17) is 14.9 Å². The molecule has 0 saturated carbocycles. The van der Waals surface area contributed by atoms with Crippen LogP contribution in [0, 0.1) is 6.92 Å². The van der Waals surface area contributed by atoms with Crippen molar-refractivity contribution in [3.63, 3.8) is 0 Å². The van der Waals surface area contributed by atoms with Crippen LogP contribution in [-0.4, -0.2) is 43.1 Å². The number of aliphatic hydroxyl groups excluding tert-OH is 2. The summed E-state index contributed by atoms with van der Waals surface area (Å²) in [5.74, 6) is 0.877. The SMILES string of the molecule is COc1ccc(C)cc1CCNC(CO)CO. The van der Waals surface area contributed by atoms with Gasteiger partial charge in [-0.25, -0.2) is 0 Å². The molecule has 4 heteroatoms. The molecule has 17 heavy (non-hydrogen) atoms. The van der Waals surface area contributed by atoms with Crippen molar-refractivity contribution in [3.8, 4) is 5.75 Å². The molecule has 0 saturated heterocycles. The number of hydrogen-bond donors (Lipinski definition) is 3. The van der Waals surface area contributed by atoms with Crippen molar-refractivity contribution in [3.05, 3.63) is 29.3 Å². The average molecular weight is 239 g/mol. The minimum atomic E-state index is -0.245. The third-order valence-electron chi connectivity index (χ3n) is 2.70. The summed E-state index contributed by atoms with van der Waals surface area (Å²) in [7, 11) is 1.66. The van der Waals surface area contributed by atoms with Crippen molar-refractivity contribution in [2.75, 3.05) is 26.9 Å². The van der Waals surface area contributed by atoms with Gasteiger partial charge in [0.1, 0.15) is 5.75 Å². The summed E-state index contributed by atoms with van der Waals surface area (Å²) in [6.07, 6.45) is 0.807. The van der Waals surface area contributed by atoms with Crippen LogP contribution in [0.1, 0.15) is 11.1 Å². The molecule has 4 nitrogen and oxygen atoms in total. The molecule has 0 atom stereocenters. The van der Waals surface area contributed by atoms with Crippen LogP contribution in [0.3, 0.4) is 0 Å². The molecule has 96 valence electrons. The molecule has 0 bridgehead atoms. The van der Waals surface area contributed by atoms with Crippen LogP contribution in [-0.2, 0) is 6.42 Å². The summed E-state index contributed by atoms with van der Waals surface area (Å²) in [5, 5.41) is 20.9. The average Bonchev–Trinajstić information content (AvgIpc) is 2.35. The van der Waals surface area contributed by atoms with Gasteiger partial charge in [-0.05, 0) is 31.5 Å². The fourth-order valence-corrected chi connectivity index (χ4v) is 1.70. The van der Waals surface area contributed by atoms with E-state index in [0.29, 0.717) is 6.54 Å². The smallest absolute Gasteiger partial charge is 0.122 e. The number of hydrogen-bond acceptors (Lipinski definition) is 4. The van der Waals surface area contributed by atoms with Gasteiger partial charge in [0, 0.05) is 0 Å². The Morgan fingerprint density at radius 2 is 2.00 bits per heavy atom. The molecule has 0 amide bonds. The first-order chi connectivity index (χ1) is 8.21. The van der Waals surface area contributed by atoms with Crippen molar-refractivity contribution in [2.45, 2.75) is 19.4 Å². The zero-order valence-electron chi connectivity index (χ0n) is 10.4. The highest BCUT2D eigenvalue weighted by Gasteiger charge is 2.06. The van der Waals surface area contributed by atoms with Gasteiger partial charge in [0.05, 0.1) is 26.4 Å². The molecule has 3 N–H and O–H groups in total. The second-order valence-corrected chi connectivity index (χ2v) is 4.08. The van der Waals surface area contributed by atoms with Gasteiger partial charge in [-0.2, -0.15) is 0 Å². The summed E-state index contributed by atoms with van der Waals surface area (Å²) in [5.41, 5.74) is 2.33. The van der Waals surface area contributed by atoms with Gasteiger partial charge in [0.25, 0.3) is 0 Å². The van der Waals surface area contributed by atoms with Gasteiger partial charge in [0.2, 0.25) is 0 Å². The number of ether oxygens (including phenoxy) is 1. The third kappa shape index (κ3) is 4.34. The lowest BCUT2D eigenvalue weighted by molar-refractivity contribution is 0.171. The number of methoxy groups -OCH3 is 1. The zero-order chi connectivity index (χ0) is 12.7. The quantitative estimate of drug-likeness (QED) is 0.648. The lowest BCUT2D eigenvalue weighted by atomic mass is 10.1. The lowest BCUT2D eigenvalue weighted by Crippen LogP contribution is -2.36. The highest BCUT2D eigenvalue weighted by atomic mass is 16.5. The predicted octanol–water partition coefficient (Wildman–Crippen LogP) is 0.489. The Hall–Kier alpha value is -1.10. The summed E-state index contributed by atoms with van der Waals surface area (Å²) in [6.45, 7) is 2.63. The molecule has 1 rings (SSSR count). The second-order valence-electron chi connectivity index (χ2n) is 4.08. The maximum Gasteiger partial charge on any atom is 0.122 e. The molecule has 0 aromatic heterocycles. The van der Waals surface area contributed by atoms with Gasteiger partial charge in [-0.15, -0.1) is 0 Å². The van der Waals surface area contributed by atoms with Crippen LogP contribution in [0.15, 0.2) is 18.2 Å². The number of nitrogens with one attached hydrogen (secondary N) is 1. The van der Waals surface area contributed by atoms with Crippen LogP contribution in [0.4, 0.5) is 0 Å². The molecular formula is C13H21NO3. The Labute approximate surface area is 102 Å². The summed E-state index contributed by atoms with van der Waals surface area (Å²) in [6, 6.07) is 5.82. The Bertz CT molecular complexity index is 337. The number of aryl methyl sites for hydroxylation is 1. The van der Waals surface area contributed by atoms with Gasteiger partial charge in [-0.3, -0.25) is 0 Å². The molecule has 0 spiro atoms. The van der Waals surface area contributed by atoms with Gasteiger partial charge in [-0.1, -0.05) is 17.7 Å². The highest BCUT2D eigenvalue weighted by molar-refractivity contribution is 5.37. The Morgan fingerprint density at radius 3 is 2.59 bits per heavy atom. The van der Waals surface area contributed by atoms with E-state index in [1.54, 1.807) is 7.11 Å². The van der Waals surface area contributed by atoms with E-state index in [0.717, 1.165) is 17.7 Å². The molecule has 0 unspecified atom stereocenters. The van der Waals surface area contributed by atoms with Crippen LogP contribution in [0.2, 0.25) is 0 Å². The molecule has 1 aromatic rings. The Kier molecular flexibility index (Phi) is 5.97. The van der Waals surface area contributed by atoms with E-state index in [-0.39, 0.29) is 19.3 Å². The number of benzene rings is 1. The van der Waals surface area contributed by atoms with E-state index in [2.05, 4.69) is 11.4 Å². The van der Waals surface area contributed by atoms with Gasteiger partial charge in [0.15, 0.2) is 0 Å². The van der Waals surface area contributed by atoms with Crippen molar-refractivity contribution in [2.24, 2.45) is 0 Å². The maximum atomic E-state index is 8.92. The normalized spacial score (nSPS) is 10.9. The molecule has 0 heterocycles. The van der Waals surface area contributed by atoms with Crippen LogP contribution in [0.25, 0.3) is 0 Å². The van der Waals surface area contributed by atoms with Gasteiger partial charge < -0.3 is 20.3 Å². The fourth-order valence-electron chi connectivity index (χ4n) is 1.70. The second kappa shape index (κ2) is 7.27. The standard InChI is InChI=1S/C13H21NO3/c1-10-3-4-13(17-2)11(7-10)5-6-14-12(8-15)9-16/h3-4,7,12,14-16H,5-6,8-9H2,1-2H3. The minimum Gasteiger partial charge on any atom is -0.496 e. The summed E-state index contributed by atoms with van der Waals surface area (Å²) in [4.78, 5) is 0. The predicted molar refractivity (Wildman–Crippen MR) is 67.4 cm³/mol. The van der Waals surface area contributed by atoms with Crippen molar-refractivity contribution in [1.29, 1.82) is 0 Å². The van der Waals surface area contributed by atoms with Crippen molar-refractivity contribution < 1.29 is 14.9 Å². The van der Waals surface area contributed by atoms with E-state index in [9.17, 15) is 0 Å². The van der Waals surface area contributed by atoms with Crippen molar-refractivity contribution in [1.82, 2.24) is 5.32 Å². The highest BCUT2D eigenvalue weighted by Crippen LogP contribution is 2.19. The largest absolute Gasteiger partial charge is 0.496 e. The first-order valence-electron chi connectivity index (χ1n) is 5.80. The lowest BCUT2D eigenvalue weighted by Gasteiger charge is -2.14. The molecule has 0 aliphatic rings. The maximum absolute atomic E-state index is 8.92. The molecule has 0 radical (unpaired) electrons. The summed E-state index contributed by atoms with van der Waals surface area (Å²) >= 11 is 0. The first-order valence-corrected chi connectivity index (χ1v) is 5.80. The Balaban J connectivity index is 2.53. The van der Waals surface area contributed by atoms with Crippen molar-refractivity contribution >= 4 is 0 Å². The van der Waals surface area contributed by atoms with E-state index < -0.39 is 0 Å². The topological polar surface area (TPSA) is 61.7 Å². The van der Waals surface area contributed by atoms with Gasteiger partial charge >= 0.3 is 0 Å². The van der Waals surface area contributed by atoms with Crippen LogP contribution >= 0.6 is 0 Å². The Morgan fingerprint density at radius 1 is 1.29 bits per heavy atom. The first kappa shape index (κ1) is 14.0. The fraction of sp³-hybridized carbons (Fsp3) is 0.538. The molecule has 0 aliphatic carbocycles. The van der Waals surface area contributed by atoms with E-state index >= 15 is 0 Å². The summed E-state index contributed by atoms with van der Waals surface area (Å²) < 4.78 is 5.28. The van der Waals surface area contributed by atoms with E-state index in [1.807, 2.05) is 19.1 Å².